The molecule has 0 unspecified atom stereocenters. The number of rotatable bonds is 12. The van der Waals surface area contributed by atoms with E-state index in [9.17, 15) is 13.2 Å². The lowest BCUT2D eigenvalue weighted by molar-refractivity contribution is -0.0498. The number of hydrogen-bond acceptors (Lipinski definition) is 1. The molecule has 0 spiro atoms. The smallest absolute Gasteiger partial charge is 0.387 e. The summed E-state index contributed by atoms with van der Waals surface area (Å²) in [6, 6.07) is 21.4. The van der Waals surface area contributed by atoms with Crippen LogP contribution in [0.15, 0.2) is 72.8 Å². The summed E-state index contributed by atoms with van der Waals surface area (Å²) in [5, 5.41) is 1.38. The maximum atomic E-state index is 15.2. The normalized spacial score (nSPS) is 11.4. The zero-order chi connectivity index (χ0) is 26.2. The van der Waals surface area contributed by atoms with Crippen LogP contribution in [-0.4, -0.2) is 6.61 Å². The fourth-order valence-electron chi connectivity index (χ4n) is 4.66. The van der Waals surface area contributed by atoms with E-state index >= 15 is 4.39 Å². The number of unbranched alkanes of at least 4 members (excludes halogenated alkanes) is 2. The van der Waals surface area contributed by atoms with Gasteiger partial charge in [0.05, 0.1) is 0 Å². The summed E-state index contributed by atoms with van der Waals surface area (Å²) in [4.78, 5) is 0. The summed E-state index contributed by atoms with van der Waals surface area (Å²) in [5.41, 5.74) is 4.31. The standard InChI is InChI=1S/C32H32F4O/c1-2-3-4-5-23-7-12-25(30(33)21-23)13-8-24-11-19-29-27(20-24)16-15-26(31(29)34)14-6-22-9-17-28(18-10-22)37-32(35)36/h7,9-12,15-21,32H,2-6,8,13-14H2,1H3. The van der Waals surface area contributed by atoms with Crippen molar-refractivity contribution in [1.29, 1.82) is 0 Å². The lowest BCUT2D eigenvalue weighted by Gasteiger charge is -2.10. The largest absolute Gasteiger partial charge is 0.435 e. The van der Waals surface area contributed by atoms with Gasteiger partial charge in [0.15, 0.2) is 0 Å². The molecule has 194 valence electrons. The average Bonchev–Trinajstić information content (AvgIpc) is 2.88. The molecule has 0 aliphatic heterocycles. The molecule has 0 saturated carbocycles. The molecule has 0 saturated heterocycles. The van der Waals surface area contributed by atoms with Crippen molar-refractivity contribution in [3.63, 3.8) is 0 Å². The van der Waals surface area contributed by atoms with E-state index in [4.69, 9.17) is 0 Å². The lowest BCUT2D eigenvalue weighted by atomic mass is 9.96. The molecular formula is C32H32F4O. The molecule has 0 bridgehead atoms. The van der Waals surface area contributed by atoms with Crippen LogP contribution < -0.4 is 4.74 Å². The molecule has 0 N–H and O–H groups in total. The highest BCUT2D eigenvalue weighted by Gasteiger charge is 2.10. The van der Waals surface area contributed by atoms with Crippen molar-refractivity contribution < 1.29 is 22.3 Å². The van der Waals surface area contributed by atoms with Gasteiger partial charge in [-0.25, -0.2) is 8.78 Å². The van der Waals surface area contributed by atoms with Gasteiger partial charge in [0.2, 0.25) is 0 Å². The van der Waals surface area contributed by atoms with Crippen LogP contribution in [0.4, 0.5) is 17.6 Å². The summed E-state index contributed by atoms with van der Waals surface area (Å²) in [6.45, 7) is -0.698. The molecule has 5 heteroatoms. The van der Waals surface area contributed by atoms with Crippen molar-refractivity contribution in [2.24, 2.45) is 0 Å². The van der Waals surface area contributed by atoms with E-state index in [1.54, 1.807) is 30.3 Å². The molecule has 0 radical (unpaired) electrons. The summed E-state index contributed by atoms with van der Waals surface area (Å²) >= 11 is 0. The van der Waals surface area contributed by atoms with E-state index in [0.29, 0.717) is 42.2 Å². The Kier molecular flexibility index (Phi) is 9.21. The molecule has 0 aliphatic carbocycles. The van der Waals surface area contributed by atoms with Gasteiger partial charge in [-0.1, -0.05) is 74.4 Å². The number of fused-ring (bicyclic) bond motifs is 1. The monoisotopic (exact) mass is 508 g/mol. The van der Waals surface area contributed by atoms with Gasteiger partial charge in [-0.3, -0.25) is 0 Å². The van der Waals surface area contributed by atoms with E-state index in [0.717, 1.165) is 47.8 Å². The van der Waals surface area contributed by atoms with E-state index in [1.807, 2.05) is 30.3 Å². The molecule has 0 atom stereocenters. The van der Waals surface area contributed by atoms with Gasteiger partial charge >= 0.3 is 6.61 Å². The minimum atomic E-state index is -2.86. The molecule has 0 fully saturated rings. The predicted octanol–water partition coefficient (Wildman–Crippen LogP) is 9.02. The fraction of sp³-hybridized carbons (Fsp3) is 0.312. The lowest BCUT2D eigenvalue weighted by Crippen LogP contribution is -2.02. The number of alkyl halides is 2. The zero-order valence-electron chi connectivity index (χ0n) is 21.1. The van der Waals surface area contributed by atoms with E-state index in [1.165, 1.54) is 12.1 Å². The molecular weight excluding hydrogens is 476 g/mol. The Morgan fingerprint density at radius 3 is 2.03 bits per heavy atom. The van der Waals surface area contributed by atoms with E-state index in [2.05, 4.69) is 11.7 Å². The van der Waals surface area contributed by atoms with Crippen LogP contribution in [-0.2, 0) is 32.1 Å². The van der Waals surface area contributed by atoms with E-state index in [-0.39, 0.29) is 17.4 Å². The molecule has 37 heavy (non-hydrogen) atoms. The second-order valence-electron chi connectivity index (χ2n) is 9.50. The molecule has 1 nitrogen and oxygen atoms in total. The quantitative estimate of drug-likeness (QED) is 0.137. The molecule has 0 amide bonds. The highest BCUT2D eigenvalue weighted by atomic mass is 19.3. The topological polar surface area (TPSA) is 9.23 Å². The molecule has 4 aromatic carbocycles. The molecule has 0 aliphatic rings. The summed E-state index contributed by atoms with van der Waals surface area (Å²) in [7, 11) is 0. The second kappa shape index (κ2) is 12.8. The Labute approximate surface area is 216 Å². The van der Waals surface area contributed by atoms with Gasteiger partial charge in [0, 0.05) is 5.39 Å². The van der Waals surface area contributed by atoms with Gasteiger partial charge in [-0.15, -0.1) is 0 Å². The Balaban J connectivity index is 1.37. The van der Waals surface area contributed by atoms with Gasteiger partial charge in [0.1, 0.15) is 17.4 Å². The minimum Gasteiger partial charge on any atom is -0.435 e. The molecule has 4 rings (SSSR count). The maximum absolute atomic E-state index is 15.2. The van der Waals surface area contributed by atoms with Gasteiger partial charge in [-0.05, 0) is 89.9 Å². The number of aryl methyl sites for hydroxylation is 5. The summed E-state index contributed by atoms with van der Waals surface area (Å²) in [6.07, 6.45) is 6.64. The van der Waals surface area contributed by atoms with E-state index < -0.39 is 6.61 Å². The van der Waals surface area contributed by atoms with Crippen LogP contribution in [0.2, 0.25) is 0 Å². The fourth-order valence-corrected chi connectivity index (χ4v) is 4.66. The van der Waals surface area contributed by atoms with Gasteiger partial charge in [-0.2, -0.15) is 8.78 Å². The highest BCUT2D eigenvalue weighted by molar-refractivity contribution is 5.84. The number of ether oxygens (including phenoxy) is 1. The third-order valence-electron chi connectivity index (χ3n) is 6.80. The zero-order valence-corrected chi connectivity index (χ0v) is 21.1. The Hall–Kier alpha value is -3.34. The molecule has 4 aromatic rings. The van der Waals surface area contributed by atoms with Gasteiger partial charge in [0.25, 0.3) is 0 Å². The number of benzene rings is 4. The Morgan fingerprint density at radius 1 is 0.649 bits per heavy atom. The van der Waals surface area contributed by atoms with Crippen LogP contribution in [0.5, 0.6) is 5.75 Å². The van der Waals surface area contributed by atoms with Crippen LogP contribution in [0, 0.1) is 11.6 Å². The average molecular weight is 509 g/mol. The predicted molar refractivity (Wildman–Crippen MR) is 141 cm³/mol. The summed E-state index contributed by atoms with van der Waals surface area (Å²) < 4.78 is 58.8. The Bertz CT molecular complexity index is 1310. The third kappa shape index (κ3) is 7.34. The SMILES string of the molecule is CCCCCc1ccc(CCc2ccc3c(F)c(CCc4ccc(OC(F)F)cc4)ccc3c2)c(F)c1. The molecule has 0 heterocycles. The molecule has 0 aromatic heterocycles. The van der Waals surface area contributed by atoms with Crippen molar-refractivity contribution in [3.05, 3.63) is 112 Å². The number of halogens is 4. The first-order chi connectivity index (χ1) is 17.9. The van der Waals surface area contributed by atoms with Crippen LogP contribution in [0.1, 0.15) is 54.0 Å². The summed E-state index contributed by atoms with van der Waals surface area (Å²) in [5.74, 6) is -0.290. The Morgan fingerprint density at radius 2 is 1.30 bits per heavy atom. The van der Waals surface area contributed by atoms with Crippen LogP contribution >= 0.6 is 0 Å². The third-order valence-corrected chi connectivity index (χ3v) is 6.80. The minimum absolute atomic E-state index is 0.105. The van der Waals surface area contributed by atoms with Crippen molar-refractivity contribution in [3.8, 4) is 5.75 Å². The second-order valence-corrected chi connectivity index (χ2v) is 9.50. The van der Waals surface area contributed by atoms with Crippen molar-refractivity contribution in [2.45, 2.75) is 64.9 Å². The van der Waals surface area contributed by atoms with Crippen molar-refractivity contribution >= 4 is 10.8 Å². The van der Waals surface area contributed by atoms with Gasteiger partial charge < -0.3 is 4.74 Å². The maximum Gasteiger partial charge on any atom is 0.387 e. The first-order valence-corrected chi connectivity index (χ1v) is 12.9. The first kappa shape index (κ1) is 26.7. The van der Waals surface area contributed by atoms with Crippen LogP contribution in [0.3, 0.4) is 0 Å². The van der Waals surface area contributed by atoms with Crippen molar-refractivity contribution in [2.75, 3.05) is 0 Å². The first-order valence-electron chi connectivity index (χ1n) is 12.9. The number of hydrogen-bond donors (Lipinski definition) is 0. The van der Waals surface area contributed by atoms with Crippen LogP contribution in [0.25, 0.3) is 10.8 Å². The highest BCUT2D eigenvalue weighted by Crippen LogP contribution is 2.25. The van der Waals surface area contributed by atoms with Crippen molar-refractivity contribution in [1.82, 2.24) is 0 Å².